The average Bonchev–Trinajstić information content (AvgIpc) is 2.96. The van der Waals surface area contributed by atoms with Crippen LogP contribution in [0, 0.1) is 13.8 Å². The summed E-state index contributed by atoms with van der Waals surface area (Å²) in [6.07, 6.45) is 0. The van der Waals surface area contributed by atoms with E-state index in [2.05, 4.69) is 42.4 Å². The van der Waals surface area contributed by atoms with E-state index in [1.807, 2.05) is 35.0 Å². The number of benzene rings is 2. The number of aromatic nitrogens is 3. The van der Waals surface area contributed by atoms with Gasteiger partial charge in [-0.2, -0.15) is 0 Å². The Morgan fingerprint density at radius 2 is 1.74 bits per heavy atom. The third kappa shape index (κ3) is 3.40. The normalized spacial score (nSPS) is 10.7. The molecular weight excluding hydrogens is 288 g/mol. The molecule has 0 bridgehead atoms. The van der Waals surface area contributed by atoms with Gasteiger partial charge >= 0.3 is 0 Å². The first-order chi connectivity index (χ1) is 11.2. The fraction of sp³-hybridized carbons (Fsp3) is 0.222. The van der Waals surface area contributed by atoms with Crippen LogP contribution in [0.3, 0.4) is 0 Å². The van der Waals surface area contributed by atoms with E-state index in [4.69, 9.17) is 10.5 Å². The van der Waals surface area contributed by atoms with Crippen molar-refractivity contribution in [2.24, 2.45) is 5.73 Å². The van der Waals surface area contributed by atoms with Crippen LogP contribution in [0.15, 0.2) is 48.5 Å². The summed E-state index contributed by atoms with van der Waals surface area (Å²) >= 11 is 0. The zero-order valence-corrected chi connectivity index (χ0v) is 13.4. The zero-order valence-electron chi connectivity index (χ0n) is 13.4. The zero-order chi connectivity index (χ0) is 16.2. The molecule has 23 heavy (non-hydrogen) atoms. The van der Waals surface area contributed by atoms with E-state index in [1.165, 1.54) is 11.1 Å². The summed E-state index contributed by atoms with van der Waals surface area (Å²) in [5.74, 6) is 0.809. The maximum Gasteiger partial charge on any atom is 0.132 e. The van der Waals surface area contributed by atoms with Gasteiger partial charge in [-0.05, 0) is 49.2 Å². The van der Waals surface area contributed by atoms with Gasteiger partial charge < -0.3 is 10.5 Å². The minimum absolute atomic E-state index is 0.332. The largest absolute Gasteiger partial charge is 0.487 e. The van der Waals surface area contributed by atoms with Crippen molar-refractivity contribution in [3.8, 4) is 11.4 Å². The molecule has 2 N–H and O–H groups in total. The predicted octanol–water partition coefficient (Wildman–Crippen LogP) is 2.92. The van der Waals surface area contributed by atoms with Crippen LogP contribution >= 0.6 is 0 Å². The molecule has 3 aromatic rings. The Hall–Kier alpha value is -2.66. The smallest absolute Gasteiger partial charge is 0.132 e. The molecule has 3 rings (SSSR count). The Morgan fingerprint density at radius 1 is 1.04 bits per heavy atom. The first-order valence-corrected chi connectivity index (χ1v) is 7.57. The van der Waals surface area contributed by atoms with E-state index in [9.17, 15) is 0 Å². The number of hydrogen-bond donors (Lipinski definition) is 1. The summed E-state index contributed by atoms with van der Waals surface area (Å²) in [7, 11) is 0. The van der Waals surface area contributed by atoms with Crippen LogP contribution in [0.4, 0.5) is 0 Å². The summed E-state index contributed by atoms with van der Waals surface area (Å²) in [6.45, 7) is 4.84. The Labute approximate surface area is 135 Å². The highest BCUT2D eigenvalue weighted by molar-refractivity contribution is 5.40. The molecule has 0 fully saturated rings. The lowest BCUT2D eigenvalue weighted by Crippen LogP contribution is -2.10. The maximum absolute atomic E-state index is 5.86. The summed E-state index contributed by atoms with van der Waals surface area (Å²) in [5.41, 5.74) is 10.8. The number of para-hydroxylation sites is 1. The highest BCUT2D eigenvalue weighted by atomic mass is 16.5. The second-order valence-corrected chi connectivity index (χ2v) is 5.55. The highest BCUT2D eigenvalue weighted by Crippen LogP contribution is 2.19. The lowest BCUT2D eigenvalue weighted by Gasteiger charge is -2.11. The Balaban J connectivity index is 1.94. The Bertz CT molecular complexity index is 776. The number of ether oxygens (including phenoxy) is 1. The second-order valence-electron chi connectivity index (χ2n) is 5.55. The lowest BCUT2D eigenvalue weighted by molar-refractivity contribution is 0.296. The maximum atomic E-state index is 5.86. The van der Waals surface area contributed by atoms with Gasteiger partial charge in [0, 0.05) is 6.54 Å². The van der Waals surface area contributed by atoms with Crippen LogP contribution in [-0.2, 0) is 13.2 Å². The molecule has 0 aliphatic rings. The number of nitrogens with two attached hydrogens (primary N) is 1. The van der Waals surface area contributed by atoms with Crippen molar-refractivity contribution in [2.45, 2.75) is 27.0 Å². The fourth-order valence-electron chi connectivity index (χ4n) is 2.58. The summed E-state index contributed by atoms with van der Waals surface area (Å²) in [6, 6.07) is 16.0. The van der Waals surface area contributed by atoms with Crippen LogP contribution in [0.25, 0.3) is 5.69 Å². The number of hydrogen-bond acceptors (Lipinski definition) is 4. The first-order valence-electron chi connectivity index (χ1n) is 7.57. The van der Waals surface area contributed by atoms with Gasteiger partial charge in [0.2, 0.25) is 0 Å². The molecule has 118 valence electrons. The van der Waals surface area contributed by atoms with Crippen LogP contribution in [0.2, 0.25) is 0 Å². The van der Waals surface area contributed by atoms with E-state index in [0.717, 1.165) is 22.8 Å². The minimum Gasteiger partial charge on any atom is -0.487 e. The quantitative estimate of drug-likeness (QED) is 0.787. The van der Waals surface area contributed by atoms with E-state index >= 15 is 0 Å². The van der Waals surface area contributed by atoms with Crippen molar-refractivity contribution >= 4 is 0 Å². The van der Waals surface area contributed by atoms with Crippen molar-refractivity contribution in [1.29, 1.82) is 0 Å². The standard InChI is InChI=1S/C18H20N4O/c1-13-8-14(2)10-15(9-13)22-18(17(11-19)20-21-22)12-23-16-6-4-3-5-7-16/h3-10H,11-12,19H2,1-2H3. The van der Waals surface area contributed by atoms with Gasteiger partial charge in [0.25, 0.3) is 0 Å². The molecule has 2 aromatic carbocycles. The van der Waals surface area contributed by atoms with Crippen molar-refractivity contribution in [3.63, 3.8) is 0 Å². The Morgan fingerprint density at radius 3 is 2.39 bits per heavy atom. The van der Waals surface area contributed by atoms with Crippen molar-refractivity contribution in [1.82, 2.24) is 15.0 Å². The third-order valence-corrected chi connectivity index (χ3v) is 3.61. The first kappa shape index (κ1) is 15.2. The van der Waals surface area contributed by atoms with Crippen molar-refractivity contribution in [3.05, 3.63) is 71.0 Å². The molecule has 0 amide bonds. The number of rotatable bonds is 5. The molecular formula is C18H20N4O. The lowest BCUT2D eigenvalue weighted by atomic mass is 10.1. The summed E-state index contributed by atoms with van der Waals surface area (Å²) in [4.78, 5) is 0. The molecule has 0 aliphatic heterocycles. The molecule has 1 heterocycles. The van der Waals surface area contributed by atoms with Gasteiger partial charge in [-0.25, -0.2) is 4.68 Å². The fourth-order valence-corrected chi connectivity index (χ4v) is 2.58. The van der Waals surface area contributed by atoms with Gasteiger partial charge in [-0.3, -0.25) is 0 Å². The molecule has 0 unspecified atom stereocenters. The van der Waals surface area contributed by atoms with Gasteiger partial charge in [0.15, 0.2) is 0 Å². The Kier molecular flexibility index (Phi) is 4.39. The molecule has 0 saturated heterocycles. The van der Waals surface area contributed by atoms with Gasteiger partial charge in [0.05, 0.1) is 5.69 Å². The molecule has 1 aromatic heterocycles. The molecule has 0 spiro atoms. The van der Waals surface area contributed by atoms with Crippen molar-refractivity contribution < 1.29 is 4.74 Å². The number of aryl methyl sites for hydroxylation is 2. The van der Waals surface area contributed by atoms with E-state index in [1.54, 1.807) is 0 Å². The molecule has 5 heteroatoms. The van der Waals surface area contributed by atoms with Crippen molar-refractivity contribution in [2.75, 3.05) is 0 Å². The third-order valence-electron chi connectivity index (χ3n) is 3.61. The van der Waals surface area contributed by atoms with E-state index in [-0.39, 0.29) is 0 Å². The highest BCUT2D eigenvalue weighted by Gasteiger charge is 2.14. The average molecular weight is 308 g/mol. The second kappa shape index (κ2) is 6.62. The summed E-state index contributed by atoms with van der Waals surface area (Å²) in [5, 5.41) is 8.45. The number of nitrogens with zero attached hydrogens (tertiary/aromatic N) is 3. The van der Waals surface area contributed by atoms with Crippen LogP contribution in [-0.4, -0.2) is 15.0 Å². The topological polar surface area (TPSA) is 66.0 Å². The van der Waals surface area contributed by atoms with Gasteiger partial charge in [-0.1, -0.05) is 29.5 Å². The monoisotopic (exact) mass is 308 g/mol. The van der Waals surface area contributed by atoms with Gasteiger partial charge in [0.1, 0.15) is 23.7 Å². The molecule has 0 saturated carbocycles. The van der Waals surface area contributed by atoms with Crippen LogP contribution in [0.5, 0.6) is 5.75 Å². The minimum atomic E-state index is 0.332. The molecule has 5 nitrogen and oxygen atoms in total. The molecule has 0 aliphatic carbocycles. The van der Waals surface area contributed by atoms with Gasteiger partial charge in [-0.15, -0.1) is 5.10 Å². The SMILES string of the molecule is Cc1cc(C)cc(-n2nnc(CN)c2COc2ccccc2)c1. The van der Waals surface area contributed by atoms with Crippen LogP contribution < -0.4 is 10.5 Å². The molecule has 0 atom stereocenters. The summed E-state index contributed by atoms with van der Waals surface area (Å²) < 4.78 is 7.67. The van der Waals surface area contributed by atoms with Crippen LogP contribution in [0.1, 0.15) is 22.5 Å². The molecule has 0 radical (unpaired) electrons. The predicted molar refractivity (Wildman–Crippen MR) is 89.5 cm³/mol. The van der Waals surface area contributed by atoms with E-state index < -0.39 is 0 Å². The van der Waals surface area contributed by atoms with E-state index in [0.29, 0.717) is 13.2 Å².